The molecule has 3 aromatic rings. The summed E-state index contributed by atoms with van der Waals surface area (Å²) in [5.41, 5.74) is 8.71. The number of methoxy groups -OCH3 is 2. The van der Waals surface area contributed by atoms with Crippen molar-refractivity contribution in [2.75, 3.05) is 20.0 Å². The van der Waals surface area contributed by atoms with E-state index in [0.29, 0.717) is 33.7 Å². The summed E-state index contributed by atoms with van der Waals surface area (Å²) in [6, 6.07) is 15.9. The Bertz CT molecular complexity index is 887. The van der Waals surface area contributed by atoms with Crippen LogP contribution in [0.4, 0.5) is 5.69 Å². The van der Waals surface area contributed by atoms with Crippen molar-refractivity contribution in [2.45, 2.75) is 13.3 Å². The number of rotatable bonds is 3. The minimum absolute atomic E-state index is 0.352. The summed E-state index contributed by atoms with van der Waals surface area (Å²) >= 11 is 0. The number of pyridine rings is 1. The van der Waals surface area contributed by atoms with Gasteiger partial charge in [0, 0.05) is 17.6 Å². The predicted molar refractivity (Wildman–Crippen MR) is 99.8 cm³/mol. The van der Waals surface area contributed by atoms with Gasteiger partial charge in [-0.15, -0.1) is 0 Å². The molecule has 1 heterocycles. The van der Waals surface area contributed by atoms with Gasteiger partial charge in [0.15, 0.2) is 11.5 Å². The fourth-order valence-corrected chi connectivity index (χ4v) is 2.34. The Hall–Kier alpha value is -3.26. The van der Waals surface area contributed by atoms with E-state index in [1.807, 2.05) is 12.1 Å². The number of hydrogen-bond acceptors (Lipinski definition) is 5. The van der Waals surface area contributed by atoms with Gasteiger partial charge in [-0.3, -0.25) is 4.98 Å². The largest absolute Gasteiger partial charge is 0.493 e. The van der Waals surface area contributed by atoms with Crippen LogP contribution in [0, 0.1) is 11.3 Å². The summed E-state index contributed by atoms with van der Waals surface area (Å²) in [6.07, 6.45) is 2.59. The second kappa shape index (κ2) is 8.55. The van der Waals surface area contributed by atoms with Crippen LogP contribution in [-0.4, -0.2) is 19.2 Å². The maximum absolute atomic E-state index is 8.88. The van der Waals surface area contributed by atoms with Crippen molar-refractivity contribution in [3.8, 4) is 17.6 Å². The lowest BCUT2D eigenvalue weighted by Gasteiger charge is -2.10. The highest BCUT2D eigenvalue weighted by Crippen LogP contribution is 2.34. The van der Waals surface area contributed by atoms with Crippen LogP contribution in [0.3, 0.4) is 0 Å². The number of aromatic nitrogens is 1. The number of nitrogens with two attached hydrogens (primary N) is 1. The molecule has 0 aliphatic carbocycles. The van der Waals surface area contributed by atoms with Gasteiger partial charge in [-0.2, -0.15) is 5.26 Å². The molecule has 0 unspecified atom stereocenters. The second-order valence-corrected chi connectivity index (χ2v) is 5.26. The van der Waals surface area contributed by atoms with E-state index in [-0.39, 0.29) is 0 Å². The molecule has 0 amide bonds. The highest BCUT2D eigenvalue weighted by molar-refractivity contribution is 5.94. The van der Waals surface area contributed by atoms with Gasteiger partial charge in [-0.1, -0.05) is 37.3 Å². The highest BCUT2D eigenvalue weighted by atomic mass is 16.5. The van der Waals surface area contributed by atoms with Gasteiger partial charge in [0.25, 0.3) is 0 Å². The van der Waals surface area contributed by atoms with Crippen LogP contribution in [0.1, 0.15) is 18.1 Å². The third-order valence-electron chi connectivity index (χ3n) is 3.79. The molecule has 3 rings (SSSR count). The topological polar surface area (TPSA) is 81.2 Å². The van der Waals surface area contributed by atoms with Crippen LogP contribution in [0.5, 0.6) is 11.5 Å². The van der Waals surface area contributed by atoms with Gasteiger partial charge in [0.1, 0.15) is 6.07 Å². The third-order valence-corrected chi connectivity index (χ3v) is 3.79. The number of nitriles is 1. The second-order valence-electron chi connectivity index (χ2n) is 5.26. The van der Waals surface area contributed by atoms with Crippen molar-refractivity contribution in [1.82, 2.24) is 4.98 Å². The number of nitrogens with zero attached hydrogens (tertiary/aromatic N) is 2. The minimum Gasteiger partial charge on any atom is -0.493 e. The van der Waals surface area contributed by atoms with Crippen LogP contribution in [-0.2, 0) is 6.42 Å². The van der Waals surface area contributed by atoms with E-state index in [2.05, 4.69) is 36.2 Å². The van der Waals surface area contributed by atoms with Crippen molar-refractivity contribution in [3.63, 3.8) is 0 Å². The molecule has 2 N–H and O–H groups in total. The van der Waals surface area contributed by atoms with Crippen molar-refractivity contribution in [1.29, 1.82) is 5.26 Å². The average Bonchev–Trinajstić information content (AvgIpc) is 2.68. The molecule has 25 heavy (non-hydrogen) atoms. The lowest BCUT2D eigenvalue weighted by atomic mass is 10.1. The zero-order valence-corrected chi connectivity index (χ0v) is 14.6. The van der Waals surface area contributed by atoms with E-state index >= 15 is 0 Å². The molecule has 0 radical (unpaired) electrons. The van der Waals surface area contributed by atoms with Crippen molar-refractivity contribution >= 4 is 16.6 Å². The zero-order chi connectivity index (χ0) is 18.2. The number of aryl methyl sites for hydroxylation is 1. The Morgan fingerprint density at radius 2 is 1.72 bits per heavy atom. The molecule has 0 aliphatic rings. The van der Waals surface area contributed by atoms with Gasteiger partial charge < -0.3 is 15.2 Å². The van der Waals surface area contributed by atoms with Crippen LogP contribution < -0.4 is 15.2 Å². The van der Waals surface area contributed by atoms with E-state index in [0.717, 1.165) is 6.42 Å². The number of hydrogen-bond donors (Lipinski definition) is 1. The molecule has 0 bridgehead atoms. The first kappa shape index (κ1) is 18.1. The Balaban J connectivity index is 0.000000236. The summed E-state index contributed by atoms with van der Waals surface area (Å²) in [5.74, 6) is 1.14. The fourth-order valence-electron chi connectivity index (χ4n) is 2.34. The van der Waals surface area contributed by atoms with Gasteiger partial charge >= 0.3 is 0 Å². The average molecular weight is 335 g/mol. The fraction of sp³-hybridized carbons (Fsp3) is 0.200. The summed E-state index contributed by atoms with van der Waals surface area (Å²) < 4.78 is 10.4. The molecular weight excluding hydrogens is 314 g/mol. The lowest BCUT2D eigenvalue weighted by molar-refractivity contribution is 0.356. The summed E-state index contributed by atoms with van der Waals surface area (Å²) in [6.45, 7) is 2.16. The van der Waals surface area contributed by atoms with Crippen LogP contribution in [0.25, 0.3) is 10.9 Å². The first-order valence-corrected chi connectivity index (χ1v) is 7.88. The molecule has 2 aromatic carbocycles. The Kier molecular flexibility index (Phi) is 6.19. The van der Waals surface area contributed by atoms with Crippen molar-refractivity contribution in [3.05, 3.63) is 59.8 Å². The normalized spacial score (nSPS) is 9.68. The molecule has 5 heteroatoms. The molecular formula is C20H21N3O2. The lowest BCUT2D eigenvalue weighted by Crippen LogP contribution is -1.96. The number of anilines is 1. The van der Waals surface area contributed by atoms with Gasteiger partial charge in [0.05, 0.1) is 31.0 Å². The van der Waals surface area contributed by atoms with E-state index in [1.54, 1.807) is 26.4 Å². The van der Waals surface area contributed by atoms with Gasteiger partial charge in [0.2, 0.25) is 0 Å². The van der Waals surface area contributed by atoms with Crippen molar-refractivity contribution in [2.24, 2.45) is 0 Å². The smallest absolute Gasteiger partial charge is 0.162 e. The van der Waals surface area contributed by atoms with E-state index < -0.39 is 0 Å². The number of nitrogen functional groups attached to an aromatic ring is 1. The summed E-state index contributed by atoms with van der Waals surface area (Å²) in [7, 11) is 3.10. The SMILES string of the molecule is CCc1ccccc1.COc1cc2ncc(C#N)c(N)c2cc1OC. The number of ether oxygens (including phenoxy) is 2. The first-order valence-electron chi connectivity index (χ1n) is 7.88. The van der Waals surface area contributed by atoms with Gasteiger partial charge in [-0.05, 0) is 18.1 Å². The summed E-state index contributed by atoms with van der Waals surface area (Å²) in [4.78, 5) is 4.16. The van der Waals surface area contributed by atoms with Crippen LogP contribution in [0.2, 0.25) is 0 Å². The Labute approximate surface area is 147 Å². The third kappa shape index (κ3) is 4.18. The van der Waals surface area contributed by atoms with E-state index in [1.165, 1.54) is 11.8 Å². The highest BCUT2D eigenvalue weighted by Gasteiger charge is 2.11. The molecule has 0 spiro atoms. The van der Waals surface area contributed by atoms with Crippen molar-refractivity contribution < 1.29 is 9.47 Å². The quantitative estimate of drug-likeness (QED) is 0.783. The first-order chi connectivity index (χ1) is 12.1. The molecule has 0 saturated heterocycles. The Morgan fingerprint density at radius 3 is 2.24 bits per heavy atom. The molecule has 0 atom stereocenters. The predicted octanol–water partition coefficient (Wildman–Crippen LogP) is 3.95. The number of fused-ring (bicyclic) bond motifs is 1. The van der Waals surface area contributed by atoms with E-state index in [9.17, 15) is 0 Å². The molecule has 0 saturated carbocycles. The molecule has 0 aliphatic heterocycles. The molecule has 1 aromatic heterocycles. The molecule has 5 nitrogen and oxygen atoms in total. The molecule has 0 fully saturated rings. The molecule has 128 valence electrons. The van der Waals surface area contributed by atoms with Gasteiger partial charge in [-0.25, -0.2) is 0 Å². The van der Waals surface area contributed by atoms with Crippen LogP contribution in [0.15, 0.2) is 48.7 Å². The summed E-state index contributed by atoms with van der Waals surface area (Å²) in [5, 5.41) is 9.56. The maximum Gasteiger partial charge on any atom is 0.162 e. The minimum atomic E-state index is 0.352. The Morgan fingerprint density at radius 1 is 1.08 bits per heavy atom. The number of benzene rings is 2. The monoisotopic (exact) mass is 335 g/mol. The maximum atomic E-state index is 8.88. The van der Waals surface area contributed by atoms with Crippen LogP contribution >= 0.6 is 0 Å². The van der Waals surface area contributed by atoms with E-state index in [4.69, 9.17) is 20.5 Å². The zero-order valence-electron chi connectivity index (χ0n) is 14.6. The standard InChI is InChI=1S/C12H11N3O2.C8H10/c1-16-10-3-8-9(4-11(10)17-2)15-6-7(5-13)12(8)14;1-2-8-6-4-3-5-7-8/h3-4,6H,1-2H3,(H2,14,15);3-7H,2H2,1H3.